The molecule has 0 amide bonds. The summed E-state index contributed by atoms with van der Waals surface area (Å²) in [4.78, 5) is 5.62. The van der Waals surface area contributed by atoms with E-state index in [1.54, 1.807) is 0 Å². The van der Waals surface area contributed by atoms with Crippen molar-refractivity contribution in [1.29, 1.82) is 0 Å². The zero-order valence-corrected chi connectivity index (χ0v) is 9.76. The lowest BCUT2D eigenvalue weighted by molar-refractivity contribution is 0.804. The number of thiophene rings is 1. The highest BCUT2D eigenvalue weighted by Gasteiger charge is 2.01. The van der Waals surface area contributed by atoms with E-state index in [-0.39, 0.29) is 0 Å². The van der Waals surface area contributed by atoms with Gasteiger partial charge >= 0.3 is 0 Å². The maximum atomic E-state index is 4.14. The Hall–Kier alpha value is -1.15. The van der Waals surface area contributed by atoms with Crippen LogP contribution in [0.5, 0.6) is 0 Å². The van der Waals surface area contributed by atoms with Crippen molar-refractivity contribution < 1.29 is 0 Å². The Morgan fingerprint density at radius 3 is 3.00 bits per heavy atom. The highest BCUT2D eigenvalue weighted by Crippen LogP contribution is 2.25. The first-order valence-electron chi connectivity index (χ1n) is 5.38. The highest BCUT2D eigenvalue weighted by atomic mass is 32.1. The topological polar surface area (TPSA) is 12.9 Å². The van der Waals surface area contributed by atoms with Crippen LogP contribution < -0.4 is 0 Å². The zero-order chi connectivity index (χ0) is 10.5. The van der Waals surface area contributed by atoms with Crippen LogP contribution in [0, 0.1) is 0 Å². The van der Waals surface area contributed by atoms with Crippen LogP contribution in [0.1, 0.15) is 24.6 Å². The minimum Gasteiger partial charge on any atom is -0.264 e. The second-order valence-electron chi connectivity index (χ2n) is 3.65. The molecule has 0 bridgehead atoms. The molecule has 0 spiro atoms. The van der Waals surface area contributed by atoms with Crippen molar-refractivity contribution in [2.75, 3.05) is 0 Å². The molecule has 2 aromatic heterocycles. The maximum absolute atomic E-state index is 4.14. The van der Waals surface area contributed by atoms with Gasteiger partial charge in [-0.25, -0.2) is 0 Å². The summed E-state index contributed by atoms with van der Waals surface area (Å²) in [5, 5.41) is 2.22. The van der Waals surface area contributed by atoms with Crippen LogP contribution in [0.2, 0.25) is 0 Å². The van der Waals surface area contributed by atoms with E-state index in [0.717, 1.165) is 0 Å². The van der Waals surface area contributed by atoms with E-state index in [0.29, 0.717) is 0 Å². The van der Waals surface area contributed by atoms with E-state index < -0.39 is 0 Å². The van der Waals surface area contributed by atoms with E-state index in [1.807, 2.05) is 29.8 Å². The summed E-state index contributed by atoms with van der Waals surface area (Å²) in [5.41, 5.74) is 2.52. The SMILES string of the molecule is CCCCc1cc(-c2cccnc2)cs1. The molecule has 0 saturated heterocycles. The molecule has 78 valence electrons. The highest BCUT2D eigenvalue weighted by molar-refractivity contribution is 7.10. The Labute approximate surface area is 94.8 Å². The molecule has 0 unspecified atom stereocenters. The molecule has 0 aliphatic heterocycles. The van der Waals surface area contributed by atoms with E-state index in [1.165, 1.54) is 35.3 Å². The Bertz CT molecular complexity index is 405. The summed E-state index contributed by atoms with van der Waals surface area (Å²) < 4.78 is 0. The molecule has 2 rings (SSSR count). The van der Waals surface area contributed by atoms with Gasteiger partial charge in [0.25, 0.3) is 0 Å². The first-order chi connectivity index (χ1) is 7.40. The second-order valence-corrected chi connectivity index (χ2v) is 4.64. The summed E-state index contributed by atoms with van der Waals surface area (Å²) in [7, 11) is 0. The molecule has 2 aromatic rings. The van der Waals surface area contributed by atoms with E-state index >= 15 is 0 Å². The van der Waals surface area contributed by atoms with Gasteiger partial charge in [0, 0.05) is 22.8 Å². The summed E-state index contributed by atoms with van der Waals surface area (Å²) in [5.74, 6) is 0. The first-order valence-corrected chi connectivity index (χ1v) is 6.26. The quantitative estimate of drug-likeness (QED) is 0.749. The maximum Gasteiger partial charge on any atom is 0.0346 e. The number of pyridine rings is 1. The van der Waals surface area contributed by atoms with Crippen molar-refractivity contribution in [2.24, 2.45) is 0 Å². The average Bonchev–Trinajstić information content (AvgIpc) is 2.76. The molecule has 0 aromatic carbocycles. The fourth-order valence-corrected chi connectivity index (χ4v) is 2.49. The number of aryl methyl sites for hydroxylation is 1. The van der Waals surface area contributed by atoms with Gasteiger partial charge in [-0.1, -0.05) is 19.4 Å². The van der Waals surface area contributed by atoms with Gasteiger partial charge in [-0.15, -0.1) is 11.3 Å². The van der Waals surface area contributed by atoms with Crippen molar-refractivity contribution in [3.05, 3.63) is 40.8 Å². The van der Waals surface area contributed by atoms with E-state index in [9.17, 15) is 0 Å². The van der Waals surface area contributed by atoms with Gasteiger partial charge in [-0.2, -0.15) is 0 Å². The van der Waals surface area contributed by atoms with Gasteiger partial charge in [0.05, 0.1) is 0 Å². The normalized spacial score (nSPS) is 10.5. The zero-order valence-electron chi connectivity index (χ0n) is 8.94. The third kappa shape index (κ3) is 2.66. The Balaban J connectivity index is 2.14. The van der Waals surface area contributed by atoms with Crippen LogP contribution in [0.4, 0.5) is 0 Å². The molecule has 0 radical (unpaired) electrons. The van der Waals surface area contributed by atoms with Crippen molar-refractivity contribution in [3.8, 4) is 11.1 Å². The molecule has 1 nitrogen and oxygen atoms in total. The summed E-state index contributed by atoms with van der Waals surface area (Å²) in [6.45, 7) is 2.23. The molecule has 0 atom stereocenters. The lowest BCUT2D eigenvalue weighted by Gasteiger charge is -1.95. The lowest BCUT2D eigenvalue weighted by atomic mass is 10.1. The fraction of sp³-hybridized carbons (Fsp3) is 0.308. The minimum atomic E-state index is 1.21. The number of rotatable bonds is 4. The molecule has 0 saturated carbocycles. The van der Waals surface area contributed by atoms with E-state index in [4.69, 9.17) is 0 Å². The number of hydrogen-bond donors (Lipinski definition) is 0. The minimum absolute atomic E-state index is 1.21. The fourth-order valence-electron chi connectivity index (χ4n) is 1.55. The van der Waals surface area contributed by atoms with Gasteiger partial charge in [0.1, 0.15) is 0 Å². The molecule has 2 heteroatoms. The van der Waals surface area contributed by atoms with Crippen molar-refractivity contribution >= 4 is 11.3 Å². The molecule has 0 aliphatic carbocycles. The molecule has 15 heavy (non-hydrogen) atoms. The number of aromatic nitrogens is 1. The first kappa shape index (κ1) is 10.4. The Morgan fingerprint density at radius 1 is 1.33 bits per heavy atom. The standard InChI is InChI=1S/C13H15NS/c1-2-3-6-13-8-12(10-15-13)11-5-4-7-14-9-11/h4-5,7-10H,2-3,6H2,1H3. The molecular formula is C13H15NS. The summed E-state index contributed by atoms with van der Waals surface area (Å²) >= 11 is 1.86. The molecule has 0 N–H and O–H groups in total. The number of nitrogens with zero attached hydrogens (tertiary/aromatic N) is 1. The van der Waals surface area contributed by atoms with Crippen LogP contribution in [0.25, 0.3) is 11.1 Å². The van der Waals surface area contributed by atoms with Crippen LogP contribution >= 0.6 is 11.3 Å². The van der Waals surface area contributed by atoms with Gasteiger partial charge in [-0.3, -0.25) is 4.98 Å². The van der Waals surface area contributed by atoms with Crippen LogP contribution in [0.15, 0.2) is 36.0 Å². The van der Waals surface area contributed by atoms with Gasteiger partial charge in [-0.05, 0) is 35.9 Å². The smallest absolute Gasteiger partial charge is 0.0346 e. The molecule has 2 heterocycles. The van der Waals surface area contributed by atoms with Crippen molar-refractivity contribution in [2.45, 2.75) is 26.2 Å². The average molecular weight is 217 g/mol. The van der Waals surface area contributed by atoms with Gasteiger partial charge < -0.3 is 0 Å². The number of hydrogen-bond acceptors (Lipinski definition) is 2. The van der Waals surface area contributed by atoms with E-state index in [2.05, 4.69) is 29.4 Å². The predicted octanol–water partition coefficient (Wildman–Crippen LogP) is 4.15. The van der Waals surface area contributed by atoms with Crippen molar-refractivity contribution in [1.82, 2.24) is 4.98 Å². The van der Waals surface area contributed by atoms with Gasteiger partial charge in [0.15, 0.2) is 0 Å². The molecule has 0 aliphatic rings. The molecular weight excluding hydrogens is 202 g/mol. The second kappa shape index (κ2) is 5.08. The summed E-state index contributed by atoms with van der Waals surface area (Å²) in [6, 6.07) is 6.38. The van der Waals surface area contributed by atoms with Crippen LogP contribution in [0.3, 0.4) is 0 Å². The Morgan fingerprint density at radius 2 is 2.27 bits per heavy atom. The summed E-state index contributed by atoms with van der Waals surface area (Å²) in [6.07, 6.45) is 7.49. The van der Waals surface area contributed by atoms with Crippen LogP contribution in [-0.2, 0) is 6.42 Å². The third-order valence-electron chi connectivity index (χ3n) is 2.43. The van der Waals surface area contributed by atoms with Gasteiger partial charge in [0.2, 0.25) is 0 Å². The van der Waals surface area contributed by atoms with Crippen molar-refractivity contribution in [3.63, 3.8) is 0 Å². The molecule has 0 fully saturated rings. The lowest BCUT2D eigenvalue weighted by Crippen LogP contribution is -1.78. The van der Waals surface area contributed by atoms with Crippen LogP contribution in [-0.4, -0.2) is 4.98 Å². The largest absolute Gasteiger partial charge is 0.264 e. The predicted molar refractivity (Wildman–Crippen MR) is 66.2 cm³/mol. The third-order valence-corrected chi connectivity index (χ3v) is 3.42. The monoisotopic (exact) mass is 217 g/mol. The number of unbranched alkanes of at least 4 members (excludes halogenated alkanes) is 1. The Kier molecular flexibility index (Phi) is 3.51.